The third-order valence-corrected chi connectivity index (χ3v) is 2.91. The molecule has 102 valence electrons. The van der Waals surface area contributed by atoms with Crippen LogP contribution in [0.1, 0.15) is 24.8 Å². The highest BCUT2D eigenvalue weighted by molar-refractivity contribution is 5.54. The van der Waals surface area contributed by atoms with Gasteiger partial charge in [-0.15, -0.1) is 0 Å². The van der Waals surface area contributed by atoms with Crippen molar-refractivity contribution in [2.75, 3.05) is 21.3 Å². The summed E-state index contributed by atoms with van der Waals surface area (Å²) < 4.78 is 15.7. The highest BCUT2D eigenvalue weighted by Crippen LogP contribution is 2.40. The number of hydrogen-bond acceptors (Lipinski definition) is 5. The van der Waals surface area contributed by atoms with E-state index < -0.39 is 12.2 Å². The van der Waals surface area contributed by atoms with Crippen molar-refractivity contribution in [2.24, 2.45) is 0 Å². The summed E-state index contributed by atoms with van der Waals surface area (Å²) in [5.41, 5.74) is 0.738. The molecule has 0 aliphatic rings. The molecule has 0 saturated heterocycles. The molecule has 0 saturated carbocycles. The van der Waals surface area contributed by atoms with Crippen molar-refractivity contribution in [3.8, 4) is 17.2 Å². The Balaban J connectivity index is 3.30. The molecule has 1 aromatic carbocycles. The van der Waals surface area contributed by atoms with Crippen LogP contribution in [0.25, 0.3) is 0 Å². The first-order valence-electron chi connectivity index (χ1n) is 5.75. The van der Waals surface area contributed by atoms with Crippen LogP contribution in [-0.4, -0.2) is 37.8 Å². The normalized spacial score (nSPS) is 12.4. The minimum Gasteiger partial charge on any atom is -0.493 e. The van der Waals surface area contributed by atoms with E-state index in [9.17, 15) is 10.2 Å². The molecule has 1 rings (SSSR count). The van der Waals surface area contributed by atoms with E-state index in [1.54, 1.807) is 12.1 Å². The number of rotatable bonds is 6. The van der Waals surface area contributed by atoms with Crippen LogP contribution >= 0.6 is 0 Å². The number of methoxy groups -OCH3 is 3. The molecule has 0 fully saturated rings. The summed E-state index contributed by atoms with van der Waals surface area (Å²) in [6, 6.07) is 3.46. The monoisotopic (exact) mass is 256 g/mol. The van der Waals surface area contributed by atoms with Crippen LogP contribution in [0, 0.1) is 0 Å². The third-order valence-electron chi connectivity index (χ3n) is 2.91. The van der Waals surface area contributed by atoms with E-state index in [1.807, 2.05) is 6.92 Å². The van der Waals surface area contributed by atoms with Crippen molar-refractivity contribution < 1.29 is 24.4 Å². The summed E-state index contributed by atoms with van der Waals surface area (Å²) >= 11 is 0. The van der Waals surface area contributed by atoms with E-state index >= 15 is 0 Å². The SMILES string of the molecule is CCC(c1cc(OC)c(OC)c(OC)c1)C(O)O. The maximum atomic E-state index is 9.36. The molecule has 0 aliphatic heterocycles. The second-order valence-electron chi connectivity index (χ2n) is 3.89. The van der Waals surface area contributed by atoms with Gasteiger partial charge in [0.15, 0.2) is 17.8 Å². The van der Waals surface area contributed by atoms with Crippen LogP contribution in [0.15, 0.2) is 12.1 Å². The van der Waals surface area contributed by atoms with E-state index in [-0.39, 0.29) is 0 Å². The molecule has 0 aliphatic carbocycles. The largest absolute Gasteiger partial charge is 0.493 e. The first-order valence-corrected chi connectivity index (χ1v) is 5.75. The first-order chi connectivity index (χ1) is 8.58. The van der Waals surface area contributed by atoms with Crippen LogP contribution in [0.2, 0.25) is 0 Å². The van der Waals surface area contributed by atoms with Gasteiger partial charge >= 0.3 is 0 Å². The fourth-order valence-electron chi connectivity index (χ4n) is 1.93. The number of hydrogen-bond donors (Lipinski definition) is 2. The standard InChI is InChI=1S/C13H20O5/c1-5-9(13(14)15)8-6-10(16-2)12(18-4)11(7-8)17-3/h6-7,9,13-15H,5H2,1-4H3. The van der Waals surface area contributed by atoms with Gasteiger partial charge in [0.05, 0.1) is 21.3 Å². The minimum atomic E-state index is -1.42. The summed E-state index contributed by atoms with van der Waals surface area (Å²) in [6.45, 7) is 1.88. The number of ether oxygens (including phenoxy) is 3. The quantitative estimate of drug-likeness (QED) is 0.755. The summed E-state index contributed by atoms with van der Waals surface area (Å²) in [5, 5.41) is 18.7. The molecule has 18 heavy (non-hydrogen) atoms. The molecular weight excluding hydrogens is 236 g/mol. The highest BCUT2D eigenvalue weighted by Gasteiger charge is 2.21. The lowest BCUT2D eigenvalue weighted by Crippen LogP contribution is -2.17. The number of benzene rings is 1. The Hall–Kier alpha value is -1.46. The van der Waals surface area contributed by atoms with Crippen molar-refractivity contribution in [2.45, 2.75) is 25.6 Å². The van der Waals surface area contributed by atoms with Gasteiger partial charge < -0.3 is 24.4 Å². The molecule has 1 unspecified atom stereocenters. The van der Waals surface area contributed by atoms with Gasteiger partial charge in [-0.1, -0.05) is 6.92 Å². The van der Waals surface area contributed by atoms with Gasteiger partial charge in [-0.25, -0.2) is 0 Å². The van der Waals surface area contributed by atoms with Gasteiger partial charge in [-0.3, -0.25) is 0 Å². The number of aliphatic hydroxyl groups is 2. The Labute approximate surface area is 107 Å². The Morgan fingerprint density at radius 2 is 1.50 bits per heavy atom. The molecule has 1 aromatic rings. The van der Waals surface area contributed by atoms with E-state index in [4.69, 9.17) is 14.2 Å². The first kappa shape index (κ1) is 14.6. The van der Waals surface area contributed by atoms with Crippen LogP contribution in [0.3, 0.4) is 0 Å². The zero-order valence-electron chi connectivity index (χ0n) is 11.1. The third kappa shape index (κ3) is 2.86. The fourth-order valence-corrected chi connectivity index (χ4v) is 1.93. The van der Waals surface area contributed by atoms with Crippen LogP contribution < -0.4 is 14.2 Å². The van der Waals surface area contributed by atoms with Gasteiger partial charge in [-0.2, -0.15) is 0 Å². The number of aliphatic hydroxyl groups excluding tert-OH is 1. The Morgan fingerprint density at radius 3 is 1.78 bits per heavy atom. The summed E-state index contributed by atoms with van der Waals surface area (Å²) in [4.78, 5) is 0. The van der Waals surface area contributed by atoms with Gasteiger partial charge in [0.1, 0.15) is 0 Å². The summed E-state index contributed by atoms with van der Waals surface area (Å²) in [6.07, 6.45) is -0.825. The van der Waals surface area contributed by atoms with Crippen molar-refractivity contribution in [3.05, 3.63) is 17.7 Å². The van der Waals surface area contributed by atoms with Gasteiger partial charge in [-0.05, 0) is 24.1 Å². The topological polar surface area (TPSA) is 68.2 Å². The van der Waals surface area contributed by atoms with E-state index in [2.05, 4.69) is 0 Å². The molecular formula is C13H20O5. The Kier molecular flexibility index (Phi) is 5.25. The lowest BCUT2D eigenvalue weighted by molar-refractivity contribution is -0.0610. The molecule has 0 amide bonds. The Bertz CT molecular complexity index is 364. The van der Waals surface area contributed by atoms with Crippen LogP contribution in [0.5, 0.6) is 17.2 Å². The fraction of sp³-hybridized carbons (Fsp3) is 0.538. The minimum absolute atomic E-state index is 0.390. The molecule has 5 heteroatoms. The van der Waals surface area contributed by atoms with Crippen molar-refractivity contribution in [3.63, 3.8) is 0 Å². The molecule has 0 radical (unpaired) electrons. The molecule has 5 nitrogen and oxygen atoms in total. The predicted molar refractivity (Wildman–Crippen MR) is 67.4 cm³/mol. The van der Waals surface area contributed by atoms with Gasteiger partial charge in [0.2, 0.25) is 5.75 Å². The van der Waals surface area contributed by atoms with E-state index in [0.717, 1.165) is 5.56 Å². The molecule has 2 N–H and O–H groups in total. The summed E-state index contributed by atoms with van der Waals surface area (Å²) in [5.74, 6) is 1.11. The second kappa shape index (κ2) is 6.47. The zero-order valence-corrected chi connectivity index (χ0v) is 11.1. The molecule has 0 aromatic heterocycles. The zero-order chi connectivity index (χ0) is 13.7. The summed E-state index contributed by atoms with van der Waals surface area (Å²) in [7, 11) is 4.58. The maximum Gasteiger partial charge on any atom is 0.203 e. The molecule has 0 heterocycles. The molecule has 0 bridgehead atoms. The van der Waals surface area contributed by atoms with Gasteiger partial charge in [0.25, 0.3) is 0 Å². The highest BCUT2D eigenvalue weighted by atomic mass is 16.5. The average molecular weight is 256 g/mol. The lowest BCUT2D eigenvalue weighted by Gasteiger charge is -2.20. The van der Waals surface area contributed by atoms with Crippen LogP contribution in [-0.2, 0) is 0 Å². The van der Waals surface area contributed by atoms with E-state index in [1.165, 1.54) is 21.3 Å². The lowest BCUT2D eigenvalue weighted by atomic mass is 9.95. The molecule has 0 spiro atoms. The van der Waals surface area contributed by atoms with Gasteiger partial charge in [0, 0.05) is 5.92 Å². The van der Waals surface area contributed by atoms with Crippen LogP contribution in [0.4, 0.5) is 0 Å². The van der Waals surface area contributed by atoms with Crippen molar-refractivity contribution in [1.82, 2.24) is 0 Å². The van der Waals surface area contributed by atoms with Crippen molar-refractivity contribution in [1.29, 1.82) is 0 Å². The van der Waals surface area contributed by atoms with Crippen molar-refractivity contribution >= 4 is 0 Å². The van der Waals surface area contributed by atoms with E-state index in [0.29, 0.717) is 23.7 Å². The smallest absolute Gasteiger partial charge is 0.203 e. The predicted octanol–water partition coefficient (Wildman–Crippen LogP) is 1.52. The maximum absolute atomic E-state index is 9.36. The Morgan fingerprint density at radius 1 is 1.00 bits per heavy atom. The average Bonchev–Trinajstić information content (AvgIpc) is 2.37. The second-order valence-corrected chi connectivity index (χ2v) is 3.89. The molecule has 1 atom stereocenters.